The molecule has 2 heterocycles. The van der Waals surface area contributed by atoms with Crippen molar-refractivity contribution in [1.29, 1.82) is 0 Å². The van der Waals surface area contributed by atoms with Gasteiger partial charge in [-0.05, 0) is 27.4 Å². The molecule has 0 amide bonds. The van der Waals surface area contributed by atoms with Gasteiger partial charge in [-0.25, -0.2) is 9.97 Å². The van der Waals surface area contributed by atoms with E-state index in [2.05, 4.69) is 31.2 Å². The van der Waals surface area contributed by atoms with Crippen LogP contribution in [0.1, 0.15) is 17.6 Å². The van der Waals surface area contributed by atoms with Gasteiger partial charge in [-0.15, -0.1) is 11.3 Å². The second kappa shape index (κ2) is 5.80. The van der Waals surface area contributed by atoms with Gasteiger partial charge in [-0.1, -0.05) is 18.5 Å². The Morgan fingerprint density at radius 2 is 2.29 bits per heavy atom. The maximum Gasteiger partial charge on any atom is 0.134 e. The summed E-state index contributed by atoms with van der Waals surface area (Å²) in [5.74, 6) is 1.52. The Balaban J connectivity index is 2.09. The fraction of sp³-hybridized carbons (Fsp3) is 0.273. The normalized spacial score (nSPS) is 10.5. The smallest absolute Gasteiger partial charge is 0.134 e. The van der Waals surface area contributed by atoms with Crippen LogP contribution < -0.4 is 5.32 Å². The van der Waals surface area contributed by atoms with Crippen LogP contribution in [0.15, 0.2) is 22.0 Å². The SMILES string of the molecule is CCc1nc(Cl)cc(NCc2sccc2Br)n1. The molecule has 0 unspecified atom stereocenters. The van der Waals surface area contributed by atoms with Crippen molar-refractivity contribution < 1.29 is 0 Å². The lowest BCUT2D eigenvalue weighted by Crippen LogP contribution is -2.03. The highest BCUT2D eigenvalue weighted by atomic mass is 79.9. The highest BCUT2D eigenvalue weighted by molar-refractivity contribution is 9.10. The lowest BCUT2D eigenvalue weighted by Gasteiger charge is -2.06. The van der Waals surface area contributed by atoms with Gasteiger partial charge < -0.3 is 5.32 Å². The Labute approximate surface area is 117 Å². The average molecular weight is 333 g/mol. The van der Waals surface area contributed by atoms with Gasteiger partial charge in [-0.3, -0.25) is 0 Å². The molecule has 2 aromatic heterocycles. The summed E-state index contributed by atoms with van der Waals surface area (Å²) in [6.45, 7) is 2.74. The van der Waals surface area contributed by atoms with Crippen molar-refractivity contribution in [3.05, 3.63) is 37.8 Å². The first-order valence-electron chi connectivity index (χ1n) is 5.18. The van der Waals surface area contributed by atoms with Crippen molar-refractivity contribution in [2.24, 2.45) is 0 Å². The average Bonchev–Trinajstić information content (AvgIpc) is 2.71. The molecule has 0 spiro atoms. The van der Waals surface area contributed by atoms with Gasteiger partial charge >= 0.3 is 0 Å². The first kappa shape index (κ1) is 12.8. The van der Waals surface area contributed by atoms with Gasteiger partial charge in [0.2, 0.25) is 0 Å². The number of nitrogens with one attached hydrogen (secondary N) is 1. The quantitative estimate of drug-likeness (QED) is 0.856. The molecule has 0 radical (unpaired) electrons. The predicted octanol–water partition coefficient (Wildman–Crippen LogP) is 4.13. The monoisotopic (exact) mass is 331 g/mol. The third-order valence-corrected chi connectivity index (χ3v) is 4.30. The molecule has 6 heteroatoms. The Bertz CT molecular complexity index is 515. The first-order valence-corrected chi connectivity index (χ1v) is 7.23. The summed E-state index contributed by atoms with van der Waals surface area (Å²) >= 11 is 11.1. The molecule has 0 aromatic carbocycles. The van der Waals surface area contributed by atoms with Crippen molar-refractivity contribution in [3.8, 4) is 0 Å². The molecule has 0 atom stereocenters. The maximum atomic E-state index is 5.92. The predicted molar refractivity (Wildman–Crippen MR) is 75.8 cm³/mol. The van der Waals surface area contributed by atoms with Crippen molar-refractivity contribution >= 4 is 44.7 Å². The third-order valence-electron chi connectivity index (χ3n) is 2.18. The Kier molecular flexibility index (Phi) is 4.36. The highest BCUT2D eigenvalue weighted by Crippen LogP contribution is 2.23. The van der Waals surface area contributed by atoms with E-state index in [0.717, 1.165) is 29.1 Å². The topological polar surface area (TPSA) is 37.8 Å². The van der Waals surface area contributed by atoms with Gasteiger partial charge in [-0.2, -0.15) is 0 Å². The van der Waals surface area contributed by atoms with E-state index in [1.807, 2.05) is 18.4 Å². The summed E-state index contributed by atoms with van der Waals surface area (Å²) in [5, 5.41) is 5.77. The van der Waals surface area contributed by atoms with Crippen molar-refractivity contribution in [1.82, 2.24) is 9.97 Å². The molecule has 17 heavy (non-hydrogen) atoms. The van der Waals surface area contributed by atoms with Crippen molar-refractivity contribution in [3.63, 3.8) is 0 Å². The lowest BCUT2D eigenvalue weighted by atomic mass is 10.4. The van der Waals surface area contributed by atoms with Gasteiger partial charge in [0.05, 0.1) is 6.54 Å². The van der Waals surface area contributed by atoms with E-state index in [9.17, 15) is 0 Å². The minimum atomic E-state index is 0.476. The summed E-state index contributed by atoms with van der Waals surface area (Å²) in [6, 6.07) is 3.77. The number of aryl methyl sites for hydroxylation is 1. The molecule has 3 nitrogen and oxygen atoms in total. The molecule has 0 aliphatic heterocycles. The van der Waals surface area contributed by atoms with Gasteiger partial charge in [0, 0.05) is 21.8 Å². The van der Waals surface area contributed by atoms with Crippen LogP contribution in [0.25, 0.3) is 0 Å². The Morgan fingerprint density at radius 1 is 1.47 bits per heavy atom. The summed E-state index contributed by atoms with van der Waals surface area (Å²) in [7, 11) is 0. The maximum absolute atomic E-state index is 5.92. The second-order valence-electron chi connectivity index (χ2n) is 3.39. The summed E-state index contributed by atoms with van der Waals surface area (Å²) in [6.07, 6.45) is 0.776. The van der Waals surface area contributed by atoms with E-state index in [1.165, 1.54) is 4.88 Å². The fourth-order valence-corrected chi connectivity index (χ4v) is 2.97. The van der Waals surface area contributed by atoms with Gasteiger partial charge in [0.25, 0.3) is 0 Å². The molecule has 2 aromatic rings. The van der Waals surface area contributed by atoms with Gasteiger partial charge in [0.15, 0.2) is 0 Å². The summed E-state index contributed by atoms with van der Waals surface area (Å²) in [4.78, 5) is 9.72. The van der Waals surface area contributed by atoms with Crippen LogP contribution in [0.2, 0.25) is 5.15 Å². The lowest BCUT2D eigenvalue weighted by molar-refractivity contribution is 0.934. The third kappa shape index (κ3) is 3.40. The minimum absolute atomic E-state index is 0.476. The summed E-state index contributed by atoms with van der Waals surface area (Å²) in [5.41, 5.74) is 0. The standard InChI is InChI=1S/C11H11BrClN3S/c1-2-10-15-9(13)5-11(16-10)14-6-8-7(12)3-4-17-8/h3-5H,2,6H2,1H3,(H,14,15,16). The number of nitrogens with zero attached hydrogens (tertiary/aromatic N) is 2. The van der Waals surface area contributed by atoms with Crippen molar-refractivity contribution in [2.45, 2.75) is 19.9 Å². The molecule has 0 aliphatic carbocycles. The van der Waals surface area contributed by atoms with Crippen LogP contribution in [0.4, 0.5) is 5.82 Å². The van der Waals surface area contributed by atoms with E-state index < -0.39 is 0 Å². The molecule has 0 saturated heterocycles. The molecule has 0 aliphatic rings. The van der Waals surface area contributed by atoms with E-state index in [4.69, 9.17) is 11.6 Å². The van der Waals surface area contributed by atoms with E-state index in [0.29, 0.717) is 5.15 Å². The summed E-state index contributed by atoms with van der Waals surface area (Å²) < 4.78 is 1.12. The zero-order valence-corrected chi connectivity index (χ0v) is 12.4. The largest absolute Gasteiger partial charge is 0.365 e. The molecule has 2 rings (SSSR count). The number of rotatable bonds is 4. The van der Waals surface area contributed by atoms with Crippen LogP contribution >= 0.6 is 38.9 Å². The molecular formula is C11H11BrClN3S. The number of hydrogen-bond donors (Lipinski definition) is 1. The van der Waals surface area contributed by atoms with E-state index in [-0.39, 0.29) is 0 Å². The van der Waals surface area contributed by atoms with E-state index >= 15 is 0 Å². The molecule has 0 saturated carbocycles. The minimum Gasteiger partial charge on any atom is -0.365 e. The zero-order chi connectivity index (χ0) is 12.3. The number of thiophene rings is 1. The zero-order valence-electron chi connectivity index (χ0n) is 9.20. The van der Waals surface area contributed by atoms with Crippen LogP contribution in [0.3, 0.4) is 0 Å². The molecule has 0 bridgehead atoms. The Hall–Kier alpha value is -0.650. The van der Waals surface area contributed by atoms with Crippen LogP contribution in [0, 0.1) is 0 Å². The van der Waals surface area contributed by atoms with Crippen molar-refractivity contribution in [2.75, 3.05) is 5.32 Å². The first-order chi connectivity index (χ1) is 8.19. The number of hydrogen-bond acceptors (Lipinski definition) is 4. The van der Waals surface area contributed by atoms with Crippen LogP contribution in [-0.4, -0.2) is 9.97 Å². The number of halogens is 2. The van der Waals surface area contributed by atoms with Crippen LogP contribution in [0.5, 0.6) is 0 Å². The molecule has 1 N–H and O–H groups in total. The fourth-order valence-electron chi connectivity index (χ4n) is 1.34. The number of anilines is 1. The number of aromatic nitrogens is 2. The van der Waals surface area contributed by atoms with E-state index in [1.54, 1.807) is 17.4 Å². The molecular weight excluding hydrogens is 322 g/mol. The van der Waals surface area contributed by atoms with Gasteiger partial charge in [0.1, 0.15) is 16.8 Å². The highest BCUT2D eigenvalue weighted by Gasteiger charge is 2.04. The second-order valence-corrected chi connectivity index (χ2v) is 5.63. The van der Waals surface area contributed by atoms with Crippen LogP contribution in [-0.2, 0) is 13.0 Å². The Morgan fingerprint density at radius 3 is 2.94 bits per heavy atom. The molecule has 90 valence electrons. The molecule has 0 fully saturated rings.